The van der Waals surface area contributed by atoms with Gasteiger partial charge in [0.25, 0.3) is 0 Å². The van der Waals surface area contributed by atoms with Gasteiger partial charge in [-0.15, -0.1) is 4.98 Å². The molecule has 2 aromatic rings. The number of hydrogen-bond donors (Lipinski definition) is 1. The number of pyridine rings is 1. The molecule has 78 valence electrons. The smallest absolute Gasteiger partial charge is 0.312 e. The third-order valence-corrected chi connectivity index (χ3v) is 1.96. The lowest BCUT2D eigenvalue weighted by molar-refractivity contribution is 0.484. The van der Waals surface area contributed by atoms with E-state index >= 15 is 0 Å². The second-order valence-electron chi connectivity index (χ2n) is 3.11. The second kappa shape index (κ2) is 4.32. The average molecular weight is 211 g/mol. The highest BCUT2D eigenvalue weighted by molar-refractivity contribution is 5.52. The Morgan fingerprint density at radius 1 is 1.19 bits per heavy atom. The molecule has 4 heteroatoms. The van der Waals surface area contributed by atoms with Crippen molar-refractivity contribution in [1.82, 2.24) is 4.98 Å². The van der Waals surface area contributed by atoms with Crippen molar-refractivity contribution < 1.29 is 4.74 Å². The van der Waals surface area contributed by atoms with Crippen LogP contribution in [0.2, 0.25) is 0 Å². The fourth-order valence-corrected chi connectivity index (χ4v) is 1.21. The van der Waals surface area contributed by atoms with Crippen LogP contribution >= 0.6 is 0 Å². The second-order valence-corrected chi connectivity index (χ2v) is 3.11. The molecule has 0 aliphatic heterocycles. The largest absolute Gasteiger partial charge is 0.467 e. The number of rotatable bonds is 2. The molecule has 0 spiro atoms. The number of benzene rings is 1. The predicted octanol–water partition coefficient (Wildman–Crippen LogP) is 3.01. The first kappa shape index (κ1) is 9.99. The number of nitrogens with two attached hydrogens (primary N) is 1. The van der Waals surface area contributed by atoms with Gasteiger partial charge in [0, 0.05) is 5.69 Å². The SMILES string of the molecule is [C-]#[N+]c1ncccc1Oc1ccc(N)cc1. The Morgan fingerprint density at radius 3 is 2.62 bits per heavy atom. The van der Waals surface area contributed by atoms with Crippen LogP contribution in [0.25, 0.3) is 4.85 Å². The number of hydrogen-bond acceptors (Lipinski definition) is 3. The molecule has 0 aliphatic carbocycles. The number of ether oxygens (including phenoxy) is 1. The van der Waals surface area contributed by atoms with Crippen LogP contribution in [-0.2, 0) is 0 Å². The van der Waals surface area contributed by atoms with E-state index in [1.54, 1.807) is 42.6 Å². The zero-order chi connectivity index (χ0) is 11.4. The van der Waals surface area contributed by atoms with Crippen molar-refractivity contribution in [2.75, 3.05) is 5.73 Å². The van der Waals surface area contributed by atoms with Gasteiger partial charge in [-0.1, -0.05) is 6.57 Å². The number of nitrogen functional groups attached to an aromatic ring is 1. The fraction of sp³-hybridized carbons (Fsp3) is 0. The van der Waals surface area contributed by atoms with Gasteiger partial charge < -0.3 is 15.3 Å². The summed E-state index contributed by atoms with van der Waals surface area (Å²) in [6.45, 7) is 6.95. The molecular formula is C12H9N3O. The first-order chi connectivity index (χ1) is 7.79. The minimum absolute atomic E-state index is 0.249. The van der Waals surface area contributed by atoms with Crippen LogP contribution in [0.15, 0.2) is 42.6 Å². The van der Waals surface area contributed by atoms with Crippen LogP contribution in [0, 0.1) is 6.57 Å². The summed E-state index contributed by atoms with van der Waals surface area (Å²) in [5.74, 6) is 1.33. The average Bonchev–Trinajstić information content (AvgIpc) is 2.33. The van der Waals surface area contributed by atoms with Gasteiger partial charge in [-0.05, 0) is 36.4 Å². The summed E-state index contributed by atoms with van der Waals surface area (Å²) in [5, 5.41) is 0. The lowest BCUT2D eigenvalue weighted by Crippen LogP contribution is -1.87. The van der Waals surface area contributed by atoms with E-state index in [2.05, 4.69) is 9.83 Å². The van der Waals surface area contributed by atoms with E-state index in [0.717, 1.165) is 0 Å². The molecule has 0 saturated carbocycles. The van der Waals surface area contributed by atoms with Gasteiger partial charge in [-0.25, -0.2) is 0 Å². The predicted molar refractivity (Wildman–Crippen MR) is 61.4 cm³/mol. The summed E-state index contributed by atoms with van der Waals surface area (Å²) in [4.78, 5) is 7.18. The zero-order valence-corrected chi connectivity index (χ0v) is 8.42. The monoisotopic (exact) mass is 211 g/mol. The summed E-state index contributed by atoms with van der Waals surface area (Å²) in [5.41, 5.74) is 6.23. The molecule has 0 unspecified atom stereocenters. The van der Waals surface area contributed by atoms with Crippen LogP contribution in [0.4, 0.5) is 11.5 Å². The summed E-state index contributed by atoms with van der Waals surface area (Å²) in [7, 11) is 0. The van der Waals surface area contributed by atoms with Gasteiger partial charge >= 0.3 is 5.82 Å². The standard InChI is InChI=1S/C12H9N3O/c1-14-12-11(3-2-8-15-12)16-10-6-4-9(13)5-7-10/h2-8H,13H2. The van der Waals surface area contributed by atoms with E-state index in [1.165, 1.54) is 0 Å². The molecular weight excluding hydrogens is 202 g/mol. The molecule has 0 saturated heterocycles. The Balaban J connectivity index is 2.27. The summed E-state index contributed by atoms with van der Waals surface area (Å²) >= 11 is 0. The first-order valence-electron chi connectivity index (χ1n) is 4.65. The van der Waals surface area contributed by atoms with Crippen molar-refractivity contribution in [3.63, 3.8) is 0 Å². The van der Waals surface area contributed by atoms with Crippen LogP contribution < -0.4 is 10.5 Å². The number of nitrogens with zero attached hydrogens (tertiary/aromatic N) is 2. The van der Waals surface area contributed by atoms with Gasteiger partial charge in [0.15, 0.2) is 5.75 Å². The van der Waals surface area contributed by atoms with Gasteiger partial charge in [0.05, 0.1) is 0 Å². The maximum Gasteiger partial charge on any atom is 0.312 e. The van der Waals surface area contributed by atoms with Crippen molar-refractivity contribution in [3.8, 4) is 11.5 Å². The Kier molecular flexibility index (Phi) is 2.70. The summed E-state index contributed by atoms with van der Waals surface area (Å²) < 4.78 is 5.52. The first-order valence-corrected chi connectivity index (χ1v) is 4.65. The van der Waals surface area contributed by atoms with Gasteiger partial charge in [0.2, 0.25) is 0 Å². The highest BCUT2D eigenvalue weighted by Gasteiger charge is 2.04. The molecule has 2 N–H and O–H groups in total. The highest BCUT2D eigenvalue weighted by atomic mass is 16.5. The van der Waals surface area contributed by atoms with Crippen molar-refractivity contribution >= 4 is 11.5 Å². The molecule has 0 fully saturated rings. The van der Waals surface area contributed by atoms with E-state index in [1.807, 2.05) is 0 Å². The maximum atomic E-state index is 6.95. The van der Waals surface area contributed by atoms with E-state index in [-0.39, 0.29) is 5.82 Å². The Labute approximate surface area is 93.1 Å². The third-order valence-electron chi connectivity index (χ3n) is 1.96. The quantitative estimate of drug-likeness (QED) is 0.613. The topological polar surface area (TPSA) is 52.5 Å². The Morgan fingerprint density at radius 2 is 1.94 bits per heavy atom. The van der Waals surface area contributed by atoms with Crippen LogP contribution in [0.5, 0.6) is 11.5 Å². The molecule has 0 radical (unpaired) electrons. The van der Waals surface area contributed by atoms with Crippen molar-refractivity contribution in [1.29, 1.82) is 0 Å². The summed E-state index contributed by atoms with van der Waals surface area (Å²) in [6, 6.07) is 10.4. The third kappa shape index (κ3) is 2.10. The molecule has 2 rings (SSSR count). The normalized spacial score (nSPS) is 9.44. The zero-order valence-electron chi connectivity index (χ0n) is 8.42. The fourth-order valence-electron chi connectivity index (χ4n) is 1.21. The minimum Gasteiger partial charge on any atom is -0.467 e. The molecule has 0 amide bonds. The maximum absolute atomic E-state index is 6.95. The molecule has 0 atom stereocenters. The molecule has 0 bridgehead atoms. The molecule has 16 heavy (non-hydrogen) atoms. The lowest BCUT2D eigenvalue weighted by atomic mass is 10.3. The summed E-state index contributed by atoms with van der Waals surface area (Å²) in [6.07, 6.45) is 1.56. The van der Waals surface area contributed by atoms with E-state index in [0.29, 0.717) is 17.2 Å². The number of anilines is 1. The van der Waals surface area contributed by atoms with Gasteiger partial charge in [0.1, 0.15) is 11.9 Å². The Bertz CT molecular complexity index is 529. The van der Waals surface area contributed by atoms with Crippen molar-refractivity contribution in [2.45, 2.75) is 0 Å². The van der Waals surface area contributed by atoms with Crippen molar-refractivity contribution in [2.24, 2.45) is 0 Å². The molecule has 4 nitrogen and oxygen atoms in total. The van der Waals surface area contributed by atoms with Gasteiger partial charge in [-0.3, -0.25) is 0 Å². The molecule has 0 aliphatic rings. The van der Waals surface area contributed by atoms with Crippen LogP contribution in [0.1, 0.15) is 0 Å². The van der Waals surface area contributed by atoms with E-state index in [9.17, 15) is 0 Å². The minimum atomic E-state index is 0.249. The molecule has 1 aromatic carbocycles. The van der Waals surface area contributed by atoms with Crippen LogP contribution in [0.3, 0.4) is 0 Å². The Hall–Kier alpha value is -2.54. The van der Waals surface area contributed by atoms with Gasteiger partial charge in [-0.2, -0.15) is 0 Å². The van der Waals surface area contributed by atoms with E-state index < -0.39 is 0 Å². The highest BCUT2D eigenvalue weighted by Crippen LogP contribution is 2.29. The molecule has 1 heterocycles. The van der Waals surface area contributed by atoms with Crippen LogP contribution in [-0.4, -0.2) is 4.98 Å². The van der Waals surface area contributed by atoms with E-state index in [4.69, 9.17) is 17.0 Å². The lowest BCUT2D eigenvalue weighted by Gasteiger charge is -2.06. The number of aromatic nitrogens is 1. The molecule has 1 aromatic heterocycles. The van der Waals surface area contributed by atoms with Crippen molar-refractivity contribution in [3.05, 3.63) is 54.0 Å².